The fourth-order valence-corrected chi connectivity index (χ4v) is 4.74. The highest BCUT2D eigenvalue weighted by atomic mass is 32.1. The summed E-state index contributed by atoms with van der Waals surface area (Å²) in [5, 5.41) is 4.44. The third kappa shape index (κ3) is 3.10. The van der Waals surface area contributed by atoms with E-state index in [1.54, 1.807) is 9.75 Å². The molecule has 0 N–H and O–H groups in total. The molecule has 2 aromatic rings. The lowest BCUT2D eigenvalue weighted by Gasteiger charge is -2.29. The Labute approximate surface area is 123 Å². The number of aryl methyl sites for hydroxylation is 1. The predicted molar refractivity (Wildman–Crippen MR) is 85.0 cm³/mol. The van der Waals surface area contributed by atoms with E-state index in [-0.39, 0.29) is 0 Å². The standard InChI is InChI=1S/C16H21NS2/c1-13-8-11-19-16(13)12-17-9-4-2-3-6-14(17)15-7-5-10-18-15/h5,7-8,10-11,14H,2-4,6,9,12H2,1H3/t14-/m0/s1. The summed E-state index contributed by atoms with van der Waals surface area (Å²) in [5.41, 5.74) is 1.46. The Balaban J connectivity index is 1.81. The number of hydrogen-bond acceptors (Lipinski definition) is 3. The van der Waals surface area contributed by atoms with E-state index in [1.807, 2.05) is 22.7 Å². The van der Waals surface area contributed by atoms with Gasteiger partial charge in [0, 0.05) is 22.3 Å². The molecule has 1 aliphatic rings. The molecule has 0 unspecified atom stereocenters. The minimum absolute atomic E-state index is 0.643. The number of hydrogen-bond donors (Lipinski definition) is 0. The van der Waals surface area contributed by atoms with E-state index < -0.39 is 0 Å². The van der Waals surface area contributed by atoms with Crippen LogP contribution in [0.1, 0.15) is 47.0 Å². The lowest BCUT2D eigenvalue weighted by molar-refractivity contribution is 0.197. The molecule has 3 heterocycles. The van der Waals surface area contributed by atoms with Gasteiger partial charge >= 0.3 is 0 Å². The Morgan fingerprint density at radius 2 is 2.11 bits per heavy atom. The number of nitrogens with zero attached hydrogens (tertiary/aromatic N) is 1. The Kier molecular flexibility index (Phi) is 4.36. The molecule has 0 bridgehead atoms. The molecule has 1 nitrogen and oxygen atoms in total. The molecule has 1 saturated heterocycles. The average Bonchev–Trinajstić information content (AvgIpc) is 3.00. The van der Waals surface area contributed by atoms with Gasteiger partial charge in [-0.2, -0.15) is 0 Å². The van der Waals surface area contributed by atoms with E-state index in [4.69, 9.17) is 0 Å². The highest BCUT2D eigenvalue weighted by Crippen LogP contribution is 2.34. The first-order chi connectivity index (χ1) is 9.34. The summed E-state index contributed by atoms with van der Waals surface area (Å²) in [7, 11) is 0. The van der Waals surface area contributed by atoms with E-state index >= 15 is 0 Å². The maximum Gasteiger partial charge on any atom is 0.0445 e. The molecule has 102 valence electrons. The van der Waals surface area contributed by atoms with Crippen molar-refractivity contribution in [1.29, 1.82) is 0 Å². The van der Waals surface area contributed by atoms with Gasteiger partial charge in [-0.05, 0) is 54.8 Å². The van der Waals surface area contributed by atoms with Crippen LogP contribution < -0.4 is 0 Å². The number of likely N-dealkylation sites (tertiary alicyclic amines) is 1. The second-order valence-electron chi connectivity index (χ2n) is 5.38. The van der Waals surface area contributed by atoms with Crippen LogP contribution in [-0.4, -0.2) is 11.4 Å². The van der Waals surface area contributed by atoms with Crippen LogP contribution in [0.2, 0.25) is 0 Å². The minimum atomic E-state index is 0.643. The third-order valence-corrected chi connectivity index (χ3v) is 6.03. The first-order valence-electron chi connectivity index (χ1n) is 7.15. The molecular formula is C16H21NS2. The summed E-state index contributed by atoms with van der Waals surface area (Å²) >= 11 is 3.83. The molecule has 0 aliphatic carbocycles. The van der Waals surface area contributed by atoms with Gasteiger partial charge in [0.2, 0.25) is 0 Å². The van der Waals surface area contributed by atoms with E-state index in [9.17, 15) is 0 Å². The van der Waals surface area contributed by atoms with Crippen molar-refractivity contribution < 1.29 is 0 Å². The maximum absolute atomic E-state index is 2.71. The molecule has 3 heteroatoms. The Morgan fingerprint density at radius 3 is 2.84 bits per heavy atom. The van der Waals surface area contributed by atoms with Crippen molar-refractivity contribution in [1.82, 2.24) is 4.90 Å². The van der Waals surface area contributed by atoms with Gasteiger partial charge < -0.3 is 0 Å². The monoisotopic (exact) mass is 291 g/mol. The number of rotatable bonds is 3. The van der Waals surface area contributed by atoms with Crippen molar-refractivity contribution in [3.05, 3.63) is 44.3 Å². The molecule has 1 fully saturated rings. The third-order valence-electron chi connectivity index (χ3n) is 4.05. The van der Waals surface area contributed by atoms with Crippen LogP contribution in [0, 0.1) is 6.92 Å². The van der Waals surface area contributed by atoms with Crippen molar-refractivity contribution in [3.63, 3.8) is 0 Å². The SMILES string of the molecule is Cc1ccsc1CN1CCCCC[C@H]1c1cccs1. The molecule has 0 radical (unpaired) electrons. The van der Waals surface area contributed by atoms with Gasteiger partial charge in [0.1, 0.15) is 0 Å². The molecular weight excluding hydrogens is 270 g/mol. The van der Waals surface area contributed by atoms with Crippen molar-refractivity contribution in [3.8, 4) is 0 Å². The quantitative estimate of drug-likeness (QED) is 0.748. The smallest absolute Gasteiger partial charge is 0.0445 e. The van der Waals surface area contributed by atoms with Crippen LogP contribution in [0.25, 0.3) is 0 Å². The van der Waals surface area contributed by atoms with E-state index in [0.717, 1.165) is 6.54 Å². The van der Waals surface area contributed by atoms with Crippen molar-refractivity contribution in [2.45, 2.75) is 45.2 Å². The molecule has 2 aromatic heterocycles. The normalized spacial score (nSPS) is 21.4. The zero-order chi connectivity index (χ0) is 13.1. The van der Waals surface area contributed by atoms with Crippen LogP contribution in [0.4, 0.5) is 0 Å². The van der Waals surface area contributed by atoms with Gasteiger partial charge in [0.15, 0.2) is 0 Å². The fraction of sp³-hybridized carbons (Fsp3) is 0.500. The first kappa shape index (κ1) is 13.3. The highest BCUT2D eigenvalue weighted by molar-refractivity contribution is 7.10. The molecule has 0 aromatic carbocycles. The second-order valence-corrected chi connectivity index (χ2v) is 7.36. The Hall–Kier alpha value is -0.640. The Bertz CT molecular complexity index is 501. The summed E-state index contributed by atoms with van der Waals surface area (Å²) in [5.74, 6) is 0. The molecule has 0 spiro atoms. The van der Waals surface area contributed by atoms with E-state index in [2.05, 4.69) is 40.8 Å². The maximum atomic E-state index is 2.71. The van der Waals surface area contributed by atoms with Gasteiger partial charge in [0.05, 0.1) is 0 Å². The molecule has 19 heavy (non-hydrogen) atoms. The van der Waals surface area contributed by atoms with E-state index in [0.29, 0.717) is 6.04 Å². The lowest BCUT2D eigenvalue weighted by Crippen LogP contribution is -2.27. The van der Waals surface area contributed by atoms with Gasteiger partial charge in [-0.25, -0.2) is 0 Å². The molecule has 1 atom stereocenters. The van der Waals surface area contributed by atoms with Gasteiger partial charge in [-0.1, -0.05) is 18.9 Å². The van der Waals surface area contributed by atoms with Crippen molar-refractivity contribution in [2.24, 2.45) is 0 Å². The first-order valence-corrected chi connectivity index (χ1v) is 8.91. The van der Waals surface area contributed by atoms with Gasteiger partial charge in [0.25, 0.3) is 0 Å². The summed E-state index contributed by atoms with van der Waals surface area (Å²) in [6.07, 6.45) is 5.45. The van der Waals surface area contributed by atoms with E-state index in [1.165, 1.54) is 37.8 Å². The molecule has 0 amide bonds. The van der Waals surface area contributed by atoms with Crippen LogP contribution in [0.15, 0.2) is 29.0 Å². The summed E-state index contributed by atoms with van der Waals surface area (Å²) < 4.78 is 0. The zero-order valence-corrected chi connectivity index (χ0v) is 13.1. The van der Waals surface area contributed by atoms with Crippen molar-refractivity contribution >= 4 is 22.7 Å². The van der Waals surface area contributed by atoms with Crippen LogP contribution in [-0.2, 0) is 6.54 Å². The van der Waals surface area contributed by atoms with Crippen molar-refractivity contribution in [2.75, 3.05) is 6.54 Å². The predicted octanol–water partition coefficient (Wildman–Crippen LogP) is 5.24. The topological polar surface area (TPSA) is 3.24 Å². The van der Waals surface area contributed by atoms with Crippen LogP contribution in [0.5, 0.6) is 0 Å². The molecule has 1 aliphatic heterocycles. The Morgan fingerprint density at radius 1 is 1.16 bits per heavy atom. The average molecular weight is 291 g/mol. The zero-order valence-electron chi connectivity index (χ0n) is 11.5. The largest absolute Gasteiger partial charge is 0.290 e. The van der Waals surface area contributed by atoms with Crippen LogP contribution in [0.3, 0.4) is 0 Å². The summed E-state index contributed by atoms with van der Waals surface area (Å²) in [4.78, 5) is 5.80. The second kappa shape index (κ2) is 6.21. The molecule has 3 rings (SSSR count). The summed E-state index contributed by atoms with van der Waals surface area (Å²) in [6, 6.07) is 7.40. The molecule has 0 saturated carbocycles. The summed E-state index contributed by atoms with van der Waals surface area (Å²) in [6.45, 7) is 4.62. The van der Waals surface area contributed by atoms with Gasteiger partial charge in [-0.15, -0.1) is 22.7 Å². The lowest BCUT2D eigenvalue weighted by atomic mass is 10.1. The minimum Gasteiger partial charge on any atom is -0.290 e. The highest BCUT2D eigenvalue weighted by Gasteiger charge is 2.24. The fourth-order valence-electron chi connectivity index (χ4n) is 2.91. The van der Waals surface area contributed by atoms with Crippen LogP contribution >= 0.6 is 22.7 Å². The number of thiophene rings is 2. The van der Waals surface area contributed by atoms with Gasteiger partial charge in [-0.3, -0.25) is 4.90 Å².